The first kappa shape index (κ1) is 14.2. The van der Waals surface area contributed by atoms with E-state index >= 15 is 0 Å². The molecule has 1 heterocycles. The summed E-state index contributed by atoms with van der Waals surface area (Å²) in [6.45, 7) is 9.60. The van der Waals surface area contributed by atoms with Crippen LogP contribution in [-0.4, -0.2) is 16.5 Å². The average Bonchev–Trinajstić information content (AvgIpc) is 2.68. The minimum atomic E-state index is -0.413. The van der Waals surface area contributed by atoms with Crippen LogP contribution in [0.3, 0.4) is 0 Å². The summed E-state index contributed by atoms with van der Waals surface area (Å²) in [5.74, 6) is 0.830. The van der Waals surface area contributed by atoms with Gasteiger partial charge in [-0.05, 0) is 32.7 Å². The van der Waals surface area contributed by atoms with Crippen molar-refractivity contribution in [3.63, 3.8) is 0 Å². The first-order valence-electron chi connectivity index (χ1n) is 6.21. The lowest BCUT2D eigenvalue weighted by molar-refractivity contribution is -0.384. The maximum Gasteiger partial charge on any atom is 0.312 e. The Bertz CT molecular complexity index is 515. The van der Waals surface area contributed by atoms with Crippen LogP contribution in [0.4, 0.5) is 11.5 Å². The van der Waals surface area contributed by atoms with Gasteiger partial charge in [0.1, 0.15) is 0 Å². The second-order valence-corrected chi connectivity index (χ2v) is 7.07. The molecule has 2 rings (SSSR count). The summed E-state index contributed by atoms with van der Waals surface area (Å²) in [5.41, 5.74) is 0.513. The molecule has 19 heavy (non-hydrogen) atoms. The Labute approximate surface area is 121 Å². The van der Waals surface area contributed by atoms with Crippen molar-refractivity contribution in [1.29, 1.82) is 0 Å². The van der Waals surface area contributed by atoms with Crippen molar-refractivity contribution in [2.24, 2.45) is 16.7 Å². The van der Waals surface area contributed by atoms with Crippen molar-refractivity contribution in [1.82, 2.24) is 4.98 Å². The molecule has 104 valence electrons. The van der Waals surface area contributed by atoms with Crippen LogP contribution in [0.15, 0.2) is 16.7 Å². The van der Waals surface area contributed by atoms with Crippen LogP contribution in [0.2, 0.25) is 0 Å². The summed E-state index contributed by atoms with van der Waals surface area (Å²) in [4.78, 5) is 14.7. The molecule has 1 aromatic rings. The number of nitrogens with zero attached hydrogens (tertiary/aromatic N) is 2. The van der Waals surface area contributed by atoms with Crippen LogP contribution < -0.4 is 5.32 Å². The van der Waals surface area contributed by atoms with Gasteiger partial charge < -0.3 is 5.32 Å². The molecule has 0 unspecified atom stereocenters. The minimum absolute atomic E-state index is 0.00522. The second-order valence-electron chi connectivity index (χ2n) is 6.16. The Hall–Kier alpha value is -1.17. The highest BCUT2D eigenvalue weighted by atomic mass is 79.9. The molecule has 0 saturated heterocycles. The molecule has 0 radical (unpaired) electrons. The van der Waals surface area contributed by atoms with Crippen molar-refractivity contribution in [3.05, 3.63) is 26.9 Å². The number of halogens is 1. The van der Waals surface area contributed by atoms with E-state index in [1.54, 1.807) is 6.20 Å². The molecule has 1 fully saturated rings. The summed E-state index contributed by atoms with van der Waals surface area (Å²) in [7, 11) is 0. The fourth-order valence-corrected chi connectivity index (χ4v) is 3.07. The Balaban J connectivity index is 2.11. The number of anilines is 1. The lowest BCUT2D eigenvalue weighted by Crippen LogP contribution is -2.10. The monoisotopic (exact) mass is 327 g/mol. The topological polar surface area (TPSA) is 68.1 Å². The van der Waals surface area contributed by atoms with Gasteiger partial charge in [-0.2, -0.15) is 0 Å². The van der Waals surface area contributed by atoms with E-state index < -0.39 is 4.92 Å². The van der Waals surface area contributed by atoms with Crippen LogP contribution in [-0.2, 0) is 0 Å². The summed E-state index contributed by atoms with van der Waals surface area (Å²) in [6.07, 6.45) is 1.57. The number of nitro groups is 1. The molecule has 0 aliphatic heterocycles. The van der Waals surface area contributed by atoms with E-state index in [2.05, 4.69) is 53.9 Å². The van der Waals surface area contributed by atoms with Gasteiger partial charge in [0.05, 0.1) is 4.92 Å². The number of nitrogens with one attached hydrogen (secondary N) is 1. The Morgan fingerprint density at radius 3 is 2.47 bits per heavy atom. The SMILES string of the molecule is CC1(C)C(CNc2ncc(Br)cc2[N+](=O)[O-])C1(C)C. The molecule has 1 aliphatic carbocycles. The summed E-state index contributed by atoms with van der Waals surface area (Å²) >= 11 is 3.20. The number of hydrogen-bond acceptors (Lipinski definition) is 4. The van der Waals surface area contributed by atoms with Gasteiger partial charge in [0.2, 0.25) is 5.82 Å². The standard InChI is InChI=1S/C13H18BrN3O2/c1-12(2)10(13(12,3)4)7-16-11-9(17(18)19)5-8(14)6-15-11/h5-6,10H,7H2,1-4H3,(H,15,16). The fourth-order valence-electron chi connectivity index (χ4n) is 2.75. The average molecular weight is 328 g/mol. The van der Waals surface area contributed by atoms with Crippen LogP contribution in [0.25, 0.3) is 0 Å². The number of pyridine rings is 1. The van der Waals surface area contributed by atoms with E-state index in [0.29, 0.717) is 22.8 Å². The van der Waals surface area contributed by atoms with E-state index in [4.69, 9.17) is 0 Å². The van der Waals surface area contributed by atoms with E-state index in [1.807, 2.05) is 0 Å². The molecule has 1 aromatic heterocycles. The molecule has 0 aromatic carbocycles. The zero-order chi connectivity index (χ0) is 14.4. The molecule has 5 nitrogen and oxygen atoms in total. The summed E-state index contributed by atoms with van der Waals surface area (Å²) in [6, 6.07) is 1.47. The van der Waals surface area contributed by atoms with Crippen molar-refractivity contribution in [2.75, 3.05) is 11.9 Å². The van der Waals surface area contributed by atoms with Crippen LogP contribution in [0.1, 0.15) is 27.7 Å². The van der Waals surface area contributed by atoms with Crippen molar-refractivity contribution >= 4 is 27.4 Å². The molecule has 1 saturated carbocycles. The predicted molar refractivity (Wildman–Crippen MR) is 78.1 cm³/mol. The van der Waals surface area contributed by atoms with Gasteiger partial charge in [-0.15, -0.1) is 0 Å². The molecule has 0 bridgehead atoms. The van der Waals surface area contributed by atoms with Crippen LogP contribution in [0, 0.1) is 26.9 Å². The van der Waals surface area contributed by atoms with Gasteiger partial charge in [-0.25, -0.2) is 4.98 Å². The van der Waals surface area contributed by atoms with Gasteiger partial charge >= 0.3 is 5.69 Å². The molecule has 1 N–H and O–H groups in total. The van der Waals surface area contributed by atoms with Gasteiger partial charge in [0.15, 0.2) is 0 Å². The number of rotatable bonds is 4. The van der Waals surface area contributed by atoms with E-state index in [1.165, 1.54) is 6.07 Å². The molecule has 6 heteroatoms. The number of hydrogen-bond donors (Lipinski definition) is 1. The van der Waals surface area contributed by atoms with Gasteiger partial charge in [0, 0.05) is 23.3 Å². The summed E-state index contributed by atoms with van der Waals surface area (Å²) in [5, 5.41) is 14.1. The largest absolute Gasteiger partial charge is 0.364 e. The third kappa shape index (κ3) is 2.33. The van der Waals surface area contributed by atoms with E-state index in [-0.39, 0.29) is 16.5 Å². The zero-order valence-electron chi connectivity index (χ0n) is 11.5. The first-order chi connectivity index (χ1) is 8.68. The predicted octanol–water partition coefficient (Wildman–Crippen LogP) is 3.85. The van der Waals surface area contributed by atoms with Crippen molar-refractivity contribution in [3.8, 4) is 0 Å². The zero-order valence-corrected chi connectivity index (χ0v) is 13.1. The molecule has 0 amide bonds. The Morgan fingerprint density at radius 1 is 1.42 bits per heavy atom. The van der Waals surface area contributed by atoms with Crippen LogP contribution >= 0.6 is 15.9 Å². The lowest BCUT2D eigenvalue weighted by Gasteiger charge is -2.07. The molecule has 1 aliphatic rings. The smallest absolute Gasteiger partial charge is 0.312 e. The van der Waals surface area contributed by atoms with E-state index in [0.717, 1.165) is 0 Å². The Morgan fingerprint density at radius 2 is 2.00 bits per heavy atom. The molecular formula is C13H18BrN3O2. The molecule has 0 atom stereocenters. The maximum absolute atomic E-state index is 11.0. The van der Waals surface area contributed by atoms with E-state index in [9.17, 15) is 10.1 Å². The first-order valence-corrected chi connectivity index (χ1v) is 7.01. The normalized spacial score (nSPS) is 20.1. The van der Waals surface area contributed by atoms with Gasteiger partial charge in [-0.1, -0.05) is 27.7 Å². The minimum Gasteiger partial charge on any atom is -0.364 e. The quantitative estimate of drug-likeness (QED) is 0.673. The number of aromatic nitrogens is 1. The summed E-state index contributed by atoms with van der Waals surface area (Å²) < 4.78 is 0.608. The van der Waals surface area contributed by atoms with Crippen molar-refractivity contribution < 1.29 is 4.92 Å². The van der Waals surface area contributed by atoms with Gasteiger partial charge in [-0.3, -0.25) is 10.1 Å². The van der Waals surface area contributed by atoms with Gasteiger partial charge in [0.25, 0.3) is 0 Å². The highest BCUT2D eigenvalue weighted by Crippen LogP contribution is 2.68. The lowest BCUT2D eigenvalue weighted by atomic mass is 10.0. The second kappa shape index (κ2) is 4.44. The van der Waals surface area contributed by atoms with Crippen LogP contribution in [0.5, 0.6) is 0 Å². The van der Waals surface area contributed by atoms with Crippen molar-refractivity contribution in [2.45, 2.75) is 27.7 Å². The Kier molecular flexibility index (Phi) is 3.33. The molecule has 0 spiro atoms. The maximum atomic E-state index is 11.0. The highest BCUT2D eigenvalue weighted by molar-refractivity contribution is 9.10. The third-order valence-electron chi connectivity index (χ3n) is 4.82. The third-order valence-corrected chi connectivity index (χ3v) is 5.26. The fraction of sp³-hybridized carbons (Fsp3) is 0.615. The highest BCUT2D eigenvalue weighted by Gasteiger charge is 2.64. The molecular weight excluding hydrogens is 310 g/mol.